The molecule has 1 aromatic rings. The van der Waals surface area contributed by atoms with Crippen molar-refractivity contribution in [2.75, 3.05) is 6.26 Å². The van der Waals surface area contributed by atoms with E-state index in [4.69, 9.17) is 5.11 Å². The molecule has 0 heterocycles. The molecule has 0 aliphatic carbocycles. The molecule has 0 radical (unpaired) electrons. The van der Waals surface area contributed by atoms with E-state index < -0.39 is 47.5 Å². The Bertz CT molecular complexity index is 789. The third kappa shape index (κ3) is 5.26. The van der Waals surface area contributed by atoms with Crippen LogP contribution in [0.25, 0.3) is 0 Å². The lowest BCUT2D eigenvalue weighted by Gasteiger charge is -2.14. The first-order valence-corrected chi connectivity index (χ1v) is 10.1. The van der Waals surface area contributed by atoms with Gasteiger partial charge in [-0.25, -0.2) is 21.2 Å². The molecule has 0 aliphatic heterocycles. The number of sulfonamides is 1. The molecular weight excluding hydrogens is 349 g/mol. The van der Waals surface area contributed by atoms with Gasteiger partial charge in [-0.2, -0.15) is 4.72 Å². The molecule has 0 aliphatic rings. The normalized spacial score (nSPS) is 13.7. The molecule has 2 N–H and O–H groups in total. The van der Waals surface area contributed by atoms with Gasteiger partial charge in [0.15, 0.2) is 9.84 Å². The fraction of sp³-hybridized carbons (Fsp3) is 0.462. The van der Waals surface area contributed by atoms with Crippen molar-refractivity contribution in [3.05, 3.63) is 24.0 Å². The van der Waals surface area contributed by atoms with Crippen molar-refractivity contribution in [3.63, 3.8) is 0 Å². The minimum absolute atomic E-state index is 0.0922. The average Bonchev–Trinajstić information content (AvgIpc) is 2.41. The molecule has 1 atom stereocenters. The zero-order valence-electron chi connectivity index (χ0n) is 12.6. The van der Waals surface area contributed by atoms with E-state index in [0.29, 0.717) is 18.9 Å². The van der Waals surface area contributed by atoms with Crippen molar-refractivity contribution in [3.8, 4) is 0 Å². The zero-order chi connectivity index (χ0) is 17.8. The van der Waals surface area contributed by atoms with Crippen molar-refractivity contribution in [1.82, 2.24) is 4.72 Å². The van der Waals surface area contributed by atoms with Crippen molar-refractivity contribution in [1.29, 1.82) is 0 Å². The van der Waals surface area contributed by atoms with Crippen LogP contribution in [0.4, 0.5) is 4.39 Å². The molecule has 0 spiro atoms. The van der Waals surface area contributed by atoms with Gasteiger partial charge < -0.3 is 5.11 Å². The Morgan fingerprint density at radius 3 is 2.35 bits per heavy atom. The molecule has 1 unspecified atom stereocenters. The summed E-state index contributed by atoms with van der Waals surface area (Å²) in [5.74, 6) is -2.55. The highest BCUT2D eigenvalue weighted by atomic mass is 32.2. The molecule has 0 amide bonds. The van der Waals surface area contributed by atoms with Gasteiger partial charge in [-0.1, -0.05) is 19.8 Å². The van der Waals surface area contributed by atoms with Crippen LogP contribution in [0.2, 0.25) is 0 Å². The monoisotopic (exact) mass is 367 g/mol. The number of benzene rings is 1. The summed E-state index contributed by atoms with van der Waals surface area (Å²) in [6, 6.07) is 0.969. The number of halogens is 1. The minimum atomic E-state index is -4.29. The molecule has 1 rings (SSSR count). The predicted octanol–water partition coefficient (Wildman–Crippen LogP) is 1.15. The molecule has 0 bridgehead atoms. The van der Waals surface area contributed by atoms with Crippen molar-refractivity contribution in [2.24, 2.45) is 0 Å². The van der Waals surface area contributed by atoms with Crippen LogP contribution in [0, 0.1) is 5.82 Å². The summed E-state index contributed by atoms with van der Waals surface area (Å²) in [7, 11) is -8.11. The van der Waals surface area contributed by atoms with Gasteiger partial charge >= 0.3 is 5.97 Å². The topological polar surface area (TPSA) is 118 Å². The van der Waals surface area contributed by atoms with Crippen LogP contribution in [0.3, 0.4) is 0 Å². The van der Waals surface area contributed by atoms with Crippen LogP contribution in [-0.4, -0.2) is 40.2 Å². The molecule has 0 aromatic heterocycles. The Morgan fingerprint density at radius 2 is 1.91 bits per heavy atom. The molecule has 23 heavy (non-hydrogen) atoms. The van der Waals surface area contributed by atoms with E-state index in [1.807, 2.05) is 11.6 Å². The first-order chi connectivity index (χ1) is 10.5. The number of nitrogens with one attached hydrogen (secondary N) is 1. The summed E-state index contributed by atoms with van der Waals surface area (Å²) >= 11 is 0. The Morgan fingerprint density at radius 1 is 1.30 bits per heavy atom. The lowest BCUT2D eigenvalue weighted by Crippen LogP contribution is -2.40. The third-order valence-corrected chi connectivity index (χ3v) is 5.65. The summed E-state index contributed by atoms with van der Waals surface area (Å²) < 4.78 is 62.7. The van der Waals surface area contributed by atoms with Gasteiger partial charge in [0, 0.05) is 6.26 Å². The fourth-order valence-corrected chi connectivity index (χ4v) is 3.81. The zero-order valence-corrected chi connectivity index (χ0v) is 14.2. The van der Waals surface area contributed by atoms with Crippen LogP contribution in [-0.2, 0) is 24.7 Å². The maximum absolute atomic E-state index is 13.8. The average molecular weight is 367 g/mol. The van der Waals surface area contributed by atoms with Crippen molar-refractivity contribution >= 4 is 25.8 Å². The van der Waals surface area contributed by atoms with Crippen molar-refractivity contribution in [2.45, 2.75) is 42.0 Å². The van der Waals surface area contributed by atoms with Gasteiger partial charge in [-0.3, -0.25) is 4.79 Å². The van der Waals surface area contributed by atoms with Gasteiger partial charge in [0.2, 0.25) is 10.0 Å². The van der Waals surface area contributed by atoms with E-state index in [1.54, 1.807) is 0 Å². The van der Waals surface area contributed by atoms with Gasteiger partial charge in [-0.05, 0) is 24.6 Å². The molecule has 10 heteroatoms. The number of hydrogen-bond acceptors (Lipinski definition) is 5. The van der Waals surface area contributed by atoms with Gasteiger partial charge in [-0.15, -0.1) is 0 Å². The summed E-state index contributed by atoms with van der Waals surface area (Å²) in [6.45, 7) is 1.83. The highest BCUT2D eigenvalue weighted by molar-refractivity contribution is 7.90. The first-order valence-electron chi connectivity index (χ1n) is 6.73. The van der Waals surface area contributed by atoms with Gasteiger partial charge in [0.25, 0.3) is 0 Å². The Balaban J connectivity index is 3.13. The number of aliphatic carboxylic acids is 1. The van der Waals surface area contributed by atoms with E-state index in [0.717, 1.165) is 18.4 Å². The molecule has 7 nitrogen and oxygen atoms in total. The minimum Gasteiger partial charge on any atom is -0.480 e. The molecule has 130 valence electrons. The lowest BCUT2D eigenvalue weighted by atomic mass is 10.1. The Hall–Kier alpha value is -1.52. The number of carbonyl (C=O) groups is 1. The fourth-order valence-electron chi connectivity index (χ4n) is 1.85. The number of sulfone groups is 1. The second-order valence-corrected chi connectivity index (χ2v) is 8.72. The number of carboxylic acid groups (broad SMARTS) is 1. The molecule has 0 saturated heterocycles. The van der Waals surface area contributed by atoms with Gasteiger partial charge in [0.05, 0.1) is 4.90 Å². The standard InChI is InChI=1S/C13H18FNO6S2/c1-3-4-5-11(13(16)17)15-23(20,21)9-6-7-12(10(14)8-9)22(2,18)19/h6-8,11,15H,3-5H2,1-2H3,(H,16,17). The smallest absolute Gasteiger partial charge is 0.321 e. The molecule has 0 fully saturated rings. The molecule has 1 aromatic carbocycles. The largest absolute Gasteiger partial charge is 0.480 e. The second kappa shape index (κ2) is 7.37. The second-order valence-electron chi connectivity index (χ2n) is 5.02. The summed E-state index contributed by atoms with van der Waals surface area (Å²) in [4.78, 5) is 9.92. The van der Waals surface area contributed by atoms with Crippen LogP contribution < -0.4 is 4.72 Å². The SMILES string of the molecule is CCCCC(NS(=O)(=O)c1ccc(S(C)(=O)=O)c(F)c1)C(=O)O. The van der Waals surface area contributed by atoms with Crippen LogP contribution >= 0.6 is 0 Å². The Labute approximate surface area is 134 Å². The maximum atomic E-state index is 13.8. The number of carboxylic acids is 1. The summed E-state index contributed by atoms with van der Waals surface area (Å²) in [5, 5.41) is 9.04. The maximum Gasteiger partial charge on any atom is 0.321 e. The van der Waals surface area contributed by atoms with E-state index in [2.05, 4.69) is 0 Å². The lowest BCUT2D eigenvalue weighted by molar-refractivity contribution is -0.139. The highest BCUT2D eigenvalue weighted by Gasteiger charge is 2.26. The highest BCUT2D eigenvalue weighted by Crippen LogP contribution is 2.19. The summed E-state index contributed by atoms with van der Waals surface area (Å²) in [5.41, 5.74) is 0. The van der Waals surface area contributed by atoms with E-state index in [9.17, 15) is 26.0 Å². The van der Waals surface area contributed by atoms with Crippen LogP contribution in [0.1, 0.15) is 26.2 Å². The Kier molecular flexibility index (Phi) is 6.25. The number of hydrogen-bond donors (Lipinski definition) is 2. The third-order valence-electron chi connectivity index (χ3n) is 3.05. The van der Waals surface area contributed by atoms with E-state index >= 15 is 0 Å². The molecule has 0 saturated carbocycles. The van der Waals surface area contributed by atoms with E-state index in [1.165, 1.54) is 0 Å². The van der Waals surface area contributed by atoms with Crippen LogP contribution in [0.15, 0.2) is 28.0 Å². The predicted molar refractivity (Wildman–Crippen MR) is 80.8 cm³/mol. The van der Waals surface area contributed by atoms with Crippen molar-refractivity contribution < 1.29 is 31.1 Å². The quantitative estimate of drug-likeness (QED) is 0.712. The van der Waals surface area contributed by atoms with E-state index in [-0.39, 0.29) is 6.42 Å². The molecular formula is C13H18FNO6S2. The first kappa shape index (κ1) is 19.5. The summed E-state index contributed by atoms with van der Waals surface area (Å²) in [6.07, 6.45) is 2.07. The van der Waals surface area contributed by atoms with Crippen LogP contribution in [0.5, 0.6) is 0 Å². The number of unbranched alkanes of at least 4 members (excludes halogenated alkanes) is 1. The number of rotatable bonds is 8. The van der Waals surface area contributed by atoms with Gasteiger partial charge in [0.1, 0.15) is 16.8 Å².